The van der Waals surface area contributed by atoms with E-state index >= 15 is 0 Å². The molecular weight excluding hydrogens is 270 g/mol. The summed E-state index contributed by atoms with van der Waals surface area (Å²) in [4.78, 5) is 33.6. The van der Waals surface area contributed by atoms with E-state index in [1.807, 2.05) is 0 Å². The lowest BCUT2D eigenvalue weighted by Gasteiger charge is -2.17. The second-order valence-electron chi connectivity index (χ2n) is 6.10. The van der Waals surface area contributed by atoms with E-state index < -0.39 is 0 Å². The fraction of sp³-hybridized carbons (Fsp3) is 0.667. The van der Waals surface area contributed by atoms with Crippen LogP contribution in [0.2, 0.25) is 0 Å². The van der Waals surface area contributed by atoms with Gasteiger partial charge in [-0.1, -0.05) is 0 Å². The molecule has 21 heavy (non-hydrogen) atoms. The highest BCUT2D eigenvalue weighted by atomic mass is 16.3. The van der Waals surface area contributed by atoms with Gasteiger partial charge in [0.15, 0.2) is 0 Å². The van der Waals surface area contributed by atoms with Crippen LogP contribution in [0.4, 0.5) is 0 Å². The predicted octanol–water partition coefficient (Wildman–Crippen LogP) is 0.800. The highest BCUT2D eigenvalue weighted by molar-refractivity contribution is 5.95. The molecule has 0 aromatic carbocycles. The number of nitrogens with zero attached hydrogens (tertiary/aromatic N) is 2. The van der Waals surface area contributed by atoms with Gasteiger partial charge in [-0.15, -0.1) is 0 Å². The number of carbonyl (C=O) groups is 1. The minimum Gasteiger partial charge on any atom is -0.396 e. The summed E-state index contributed by atoms with van der Waals surface area (Å²) in [6.07, 6.45) is 3.71. The normalized spacial score (nSPS) is 21.8. The number of nitrogens with one attached hydrogen (secondary N) is 1. The molecule has 2 aliphatic rings. The van der Waals surface area contributed by atoms with E-state index in [0.29, 0.717) is 42.9 Å². The Hall–Kier alpha value is -1.69. The molecule has 1 saturated heterocycles. The number of amides is 1. The Morgan fingerprint density at radius 3 is 2.81 bits per heavy atom. The van der Waals surface area contributed by atoms with Gasteiger partial charge in [-0.2, -0.15) is 0 Å². The average molecular weight is 291 g/mol. The van der Waals surface area contributed by atoms with Gasteiger partial charge in [-0.3, -0.25) is 9.59 Å². The first kappa shape index (κ1) is 14.3. The van der Waals surface area contributed by atoms with Crippen molar-refractivity contribution in [3.05, 3.63) is 27.4 Å². The number of carbonyl (C=O) groups excluding carboxylic acids is 1. The Labute approximate surface area is 123 Å². The summed E-state index contributed by atoms with van der Waals surface area (Å²) in [6.45, 7) is 3.13. The fourth-order valence-electron chi connectivity index (χ4n) is 3.00. The van der Waals surface area contributed by atoms with Crippen LogP contribution in [0.5, 0.6) is 0 Å². The van der Waals surface area contributed by atoms with Crippen LogP contribution >= 0.6 is 0 Å². The van der Waals surface area contributed by atoms with Gasteiger partial charge in [0.05, 0.1) is 5.69 Å². The Kier molecular flexibility index (Phi) is 3.80. The number of aryl methyl sites for hydroxylation is 1. The molecule has 0 bridgehead atoms. The van der Waals surface area contributed by atoms with Gasteiger partial charge in [0, 0.05) is 25.6 Å². The van der Waals surface area contributed by atoms with Gasteiger partial charge in [0.25, 0.3) is 11.5 Å². The van der Waals surface area contributed by atoms with E-state index in [9.17, 15) is 9.59 Å². The van der Waals surface area contributed by atoms with Crippen molar-refractivity contribution in [3.63, 3.8) is 0 Å². The second kappa shape index (κ2) is 5.60. The quantitative estimate of drug-likeness (QED) is 0.859. The van der Waals surface area contributed by atoms with Crippen LogP contribution in [0.15, 0.2) is 4.79 Å². The number of aliphatic hydroxyl groups excluding tert-OH is 1. The summed E-state index contributed by atoms with van der Waals surface area (Å²) >= 11 is 0. The number of H-pyrrole nitrogens is 1. The zero-order valence-electron chi connectivity index (χ0n) is 12.3. The van der Waals surface area contributed by atoms with Crippen molar-refractivity contribution < 1.29 is 9.90 Å². The molecule has 2 N–H and O–H groups in total. The van der Waals surface area contributed by atoms with Gasteiger partial charge in [-0.25, -0.2) is 4.98 Å². The van der Waals surface area contributed by atoms with Crippen molar-refractivity contribution in [1.29, 1.82) is 0 Å². The molecule has 1 aliphatic heterocycles. The van der Waals surface area contributed by atoms with Crippen LogP contribution < -0.4 is 5.56 Å². The summed E-state index contributed by atoms with van der Waals surface area (Å²) in [5, 5.41) is 8.98. The van der Waals surface area contributed by atoms with Gasteiger partial charge in [0.1, 0.15) is 11.4 Å². The summed E-state index contributed by atoms with van der Waals surface area (Å²) < 4.78 is 0. The summed E-state index contributed by atoms with van der Waals surface area (Å²) in [5.41, 5.74) is 0.375. The third kappa shape index (κ3) is 2.85. The van der Waals surface area contributed by atoms with Gasteiger partial charge < -0.3 is 15.0 Å². The van der Waals surface area contributed by atoms with Crippen LogP contribution in [0.3, 0.4) is 0 Å². The topological polar surface area (TPSA) is 86.3 Å². The van der Waals surface area contributed by atoms with E-state index in [2.05, 4.69) is 9.97 Å². The van der Waals surface area contributed by atoms with Crippen molar-refractivity contribution in [2.24, 2.45) is 5.92 Å². The highest BCUT2D eigenvalue weighted by Gasteiger charge is 2.31. The SMILES string of the molecule is Cc1nc(C2CC2)[nH]c(=O)c1C(=O)N1CCC(CCO)C1. The Morgan fingerprint density at radius 1 is 1.43 bits per heavy atom. The molecule has 1 unspecified atom stereocenters. The average Bonchev–Trinajstić information content (AvgIpc) is 3.18. The largest absolute Gasteiger partial charge is 0.396 e. The molecule has 6 nitrogen and oxygen atoms in total. The third-order valence-corrected chi connectivity index (χ3v) is 4.41. The van der Waals surface area contributed by atoms with E-state index in [4.69, 9.17) is 5.11 Å². The van der Waals surface area contributed by atoms with Crippen molar-refractivity contribution in [3.8, 4) is 0 Å². The van der Waals surface area contributed by atoms with Crippen LogP contribution in [-0.4, -0.2) is 45.6 Å². The van der Waals surface area contributed by atoms with Crippen LogP contribution in [0, 0.1) is 12.8 Å². The molecule has 0 spiro atoms. The zero-order valence-corrected chi connectivity index (χ0v) is 12.3. The highest BCUT2D eigenvalue weighted by Crippen LogP contribution is 2.37. The van der Waals surface area contributed by atoms with Crippen molar-refractivity contribution in [2.75, 3.05) is 19.7 Å². The van der Waals surface area contributed by atoms with E-state index in [1.54, 1.807) is 11.8 Å². The lowest BCUT2D eigenvalue weighted by atomic mass is 10.1. The first-order valence-electron chi connectivity index (χ1n) is 7.61. The number of likely N-dealkylation sites (tertiary alicyclic amines) is 1. The lowest BCUT2D eigenvalue weighted by Crippen LogP contribution is -2.35. The minimum absolute atomic E-state index is 0.143. The molecule has 1 amide bonds. The number of aromatic amines is 1. The standard InChI is InChI=1S/C15H21N3O3/c1-9-12(14(20)17-13(16-9)11-2-3-11)15(21)18-6-4-10(8-18)5-7-19/h10-11,19H,2-8H2,1H3,(H,16,17,20). The molecule has 6 heteroatoms. The first-order valence-corrected chi connectivity index (χ1v) is 7.61. The molecule has 3 rings (SSSR count). The van der Waals surface area contributed by atoms with E-state index in [0.717, 1.165) is 19.3 Å². The monoisotopic (exact) mass is 291 g/mol. The number of rotatable bonds is 4. The van der Waals surface area contributed by atoms with Crippen LogP contribution in [-0.2, 0) is 0 Å². The third-order valence-electron chi connectivity index (χ3n) is 4.41. The molecule has 2 heterocycles. The molecule has 1 aliphatic carbocycles. The maximum Gasteiger partial charge on any atom is 0.264 e. The minimum atomic E-state index is -0.319. The summed E-state index contributed by atoms with van der Waals surface area (Å²) in [6, 6.07) is 0. The number of aliphatic hydroxyl groups is 1. The molecule has 0 radical (unpaired) electrons. The maximum absolute atomic E-state index is 12.5. The van der Waals surface area contributed by atoms with Gasteiger partial charge >= 0.3 is 0 Å². The molecule has 1 atom stereocenters. The summed E-state index contributed by atoms with van der Waals surface area (Å²) in [7, 11) is 0. The Morgan fingerprint density at radius 2 is 2.19 bits per heavy atom. The molecule has 2 fully saturated rings. The molecule has 1 aromatic heterocycles. The number of hydrogen-bond acceptors (Lipinski definition) is 4. The maximum atomic E-state index is 12.5. The van der Waals surface area contributed by atoms with E-state index in [-0.39, 0.29) is 23.6 Å². The van der Waals surface area contributed by atoms with Crippen LogP contribution in [0.1, 0.15) is 53.5 Å². The van der Waals surface area contributed by atoms with Crippen LogP contribution in [0.25, 0.3) is 0 Å². The van der Waals surface area contributed by atoms with Crippen molar-refractivity contribution in [1.82, 2.24) is 14.9 Å². The number of hydrogen-bond donors (Lipinski definition) is 2. The molecule has 1 saturated carbocycles. The lowest BCUT2D eigenvalue weighted by molar-refractivity contribution is 0.0781. The first-order chi connectivity index (χ1) is 10.1. The van der Waals surface area contributed by atoms with E-state index in [1.165, 1.54) is 0 Å². The second-order valence-corrected chi connectivity index (χ2v) is 6.10. The molecule has 114 valence electrons. The zero-order chi connectivity index (χ0) is 15.0. The Balaban J connectivity index is 1.80. The Bertz CT molecular complexity index is 607. The molecular formula is C15H21N3O3. The summed E-state index contributed by atoms with van der Waals surface area (Å²) in [5.74, 6) is 1.18. The predicted molar refractivity (Wildman–Crippen MR) is 77.3 cm³/mol. The van der Waals surface area contributed by atoms with Gasteiger partial charge in [-0.05, 0) is 38.5 Å². The molecule has 1 aromatic rings. The smallest absolute Gasteiger partial charge is 0.264 e. The number of aromatic nitrogens is 2. The fourth-order valence-corrected chi connectivity index (χ4v) is 3.00. The van der Waals surface area contributed by atoms with Gasteiger partial charge in [0.2, 0.25) is 0 Å². The van der Waals surface area contributed by atoms with Crippen molar-refractivity contribution >= 4 is 5.91 Å². The van der Waals surface area contributed by atoms with Crippen molar-refractivity contribution in [2.45, 2.75) is 38.5 Å².